The molecule has 2 amide bonds. The van der Waals surface area contributed by atoms with Gasteiger partial charge >= 0.3 is 12.0 Å². The molecule has 0 bridgehead atoms. The Morgan fingerprint density at radius 1 is 1.32 bits per heavy atom. The molecule has 108 valence electrons. The maximum absolute atomic E-state index is 12.2. The monoisotopic (exact) mass is 270 g/mol. The molecule has 0 aromatic heterocycles. The maximum Gasteiger partial charge on any atom is 0.317 e. The van der Waals surface area contributed by atoms with Gasteiger partial charge in [0.25, 0.3) is 0 Å². The molecule has 0 aromatic carbocycles. The van der Waals surface area contributed by atoms with Crippen LogP contribution in [0.3, 0.4) is 0 Å². The van der Waals surface area contributed by atoms with Crippen LogP contribution in [0, 0.1) is 0 Å². The zero-order chi connectivity index (χ0) is 13.8. The summed E-state index contributed by atoms with van der Waals surface area (Å²) in [6.07, 6.45) is 4.96. The van der Waals surface area contributed by atoms with E-state index in [1.807, 2.05) is 0 Å². The van der Waals surface area contributed by atoms with E-state index in [-0.39, 0.29) is 30.6 Å². The summed E-state index contributed by atoms with van der Waals surface area (Å²) in [5, 5.41) is 11.7. The summed E-state index contributed by atoms with van der Waals surface area (Å²) in [4.78, 5) is 24.5. The molecule has 19 heavy (non-hydrogen) atoms. The van der Waals surface area contributed by atoms with Crippen molar-refractivity contribution in [2.75, 3.05) is 13.7 Å². The summed E-state index contributed by atoms with van der Waals surface area (Å²) >= 11 is 0. The number of ether oxygens (including phenoxy) is 1. The zero-order valence-corrected chi connectivity index (χ0v) is 11.3. The van der Waals surface area contributed by atoms with Gasteiger partial charge in [0.2, 0.25) is 0 Å². The Hall–Kier alpha value is -1.30. The van der Waals surface area contributed by atoms with Gasteiger partial charge in [0.05, 0.1) is 12.5 Å². The molecule has 0 aromatic rings. The topological polar surface area (TPSA) is 78.9 Å². The molecule has 2 fully saturated rings. The molecular formula is C13H22N2O4. The van der Waals surface area contributed by atoms with Crippen LogP contribution in [-0.2, 0) is 9.53 Å². The molecule has 0 radical (unpaired) electrons. The Morgan fingerprint density at radius 2 is 2.05 bits per heavy atom. The van der Waals surface area contributed by atoms with Crippen LogP contribution in [0.2, 0.25) is 0 Å². The van der Waals surface area contributed by atoms with E-state index >= 15 is 0 Å². The van der Waals surface area contributed by atoms with Gasteiger partial charge in [-0.2, -0.15) is 0 Å². The molecule has 6 heteroatoms. The predicted molar refractivity (Wildman–Crippen MR) is 68.9 cm³/mol. The summed E-state index contributed by atoms with van der Waals surface area (Å²) in [5.41, 5.74) is 0. The van der Waals surface area contributed by atoms with Crippen molar-refractivity contribution in [2.24, 2.45) is 0 Å². The number of nitrogens with zero attached hydrogens (tertiary/aromatic N) is 1. The molecule has 0 spiro atoms. The number of carboxylic acid groups (broad SMARTS) is 1. The van der Waals surface area contributed by atoms with Crippen molar-refractivity contribution in [1.82, 2.24) is 10.2 Å². The van der Waals surface area contributed by atoms with Gasteiger partial charge in [-0.3, -0.25) is 4.79 Å². The molecule has 6 nitrogen and oxygen atoms in total. The van der Waals surface area contributed by atoms with E-state index < -0.39 is 5.97 Å². The highest BCUT2D eigenvalue weighted by molar-refractivity contribution is 5.76. The lowest BCUT2D eigenvalue weighted by atomic mass is 10.2. The van der Waals surface area contributed by atoms with E-state index in [1.54, 1.807) is 12.0 Å². The molecule has 2 unspecified atom stereocenters. The van der Waals surface area contributed by atoms with Crippen molar-refractivity contribution in [3.05, 3.63) is 0 Å². The second-order valence-electron chi connectivity index (χ2n) is 5.39. The van der Waals surface area contributed by atoms with Crippen molar-refractivity contribution >= 4 is 12.0 Å². The lowest BCUT2D eigenvalue weighted by molar-refractivity contribution is -0.137. The molecule has 2 saturated carbocycles. The van der Waals surface area contributed by atoms with Crippen molar-refractivity contribution in [2.45, 2.75) is 56.7 Å². The van der Waals surface area contributed by atoms with Crippen LogP contribution in [0.4, 0.5) is 4.79 Å². The van der Waals surface area contributed by atoms with Gasteiger partial charge in [-0.1, -0.05) is 0 Å². The normalized spacial score (nSPS) is 26.2. The first-order chi connectivity index (χ1) is 9.10. The van der Waals surface area contributed by atoms with Crippen molar-refractivity contribution in [3.8, 4) is 0 Å². The summed E-state index contributed by atoms with van der Waals surface area (Å²) in [7, 11) is 1.69. The molecule has 2 N–H and O–H groups in total. The van der Waals surface area contributed by atoms with Gasteiger partial charge in [-0.05, 0) is 32.1 Å². The van der Waals surface area contributed by atoms with E-state index in [9.17, 15) is 9.59 Å². The van der Waals surface area contributed by atoms with E-state index in [0.29, 0.717) is 6.54 Å². The van der Waals surface area contributed by atoms with E-state index in [1.165, 1.54) is 0 Å². The Labute approximate surface area is 113 Å². The highest BCUT2D eigenvalue weighted by atomic mass is 16.5. The SMILES string of the molecule is COC1CCC(NC(=O)N(CCC(=O)O)C2CC2)C1. The van der Waals surface area contributed by atoms with Crippen LogP contribution in [0.15, 0.2) is 0 Å². The van der Waals surface area contributed by atoms with Crippen LogP contribution in [0.5, 0.6) is 0 Å². The molecule has 0 aliphatic heterocycles. The molecule has 0 heterocycles. The Bertz CT molecular complexity index is 344. The average Bonchev–Trinajstić information content (AvgIpc) is 3.09. The second kappa shape index (κ2) is 6.23. The van der Waals surface area contributed by atoms with Crippen molar-refractivity contribution in [3.63, 3.8) is 0 Å². The summed E-state index contributed by atoms with van der Waals surface area (Å²) < 4.78 is 5.28. The highest BCUT2D eigenvalue weighted by Gasteiger charge is 2.34. The maximum atomic E-state index is 12.2. The van der Waals surface area contributed by atoms with Crippen LogP contribution in [-0.4, -0.2) is 53.8 Å². The minimum atomic E-state index is -0.862. The van der Waals surface area contributed by atoms with Gasteiger partial charge in [0.1, 0.15) is 0 Å². The number of amides is 2. The Kier molecular flexibility index (Phi) is 4.63. The summed E-state index contributed by atoms with van der Waals surface area (Å²) in [6.45, 7) is 0.298. The van der Waals surface area contributed by atoms with Gasteiger partial charge in [0.15, 0.2) is 0 Å². The van der Waals surface area contributed by atoms with Crippen molar-refractivity contribution in [1.29, 1.82) is 0 Å². The highest BCUT2D eigenvalue weighted by Crippen LogP contribution is 2.28. The number of hydrogen-bond acceptors (Lipinski definition) is 3. The quantitative estimate of drug-likeness (QED) is 0.760. The molecular weight excluding hydrogens is 248 g/mol. The third-order valence-corrected chi connectivity index (χ3v) is 3.86. The first-order valence-electron chi connectivity index (χ1n) is 6.92. The van der Waals surface area contributed by atoms with E-state index in [2.05, 4.69) is 5.32 Å². The van der Waals surface area contributed by atoms with Gasteiger partial charge in [0, 0.05) is 25.7 Å². The fraction of sp³-hybridized carbons (Fsp3) is 0.846. The van der Waals surface area contributed by atoms with E-state index in [0.717, 1.165) is 32.1 Å². The number of methoxy groups -OCH3 is 1. The molecule has 2 rings (SSSR count). The first-order valence-corrected chi connectivity index (χ1v) is 6.92. The van der Waals surface area contributed by atoms with Crippen LogP contribution >= 0.6 is 0 Å². The summed E-state index contributed by atoms with van der Waals surface area (Å²) in [5.74, 6) is -0.862. The minimum absolute atomic E-state index is 0.00921. The number of hydrogen-bond donors (Lipinski definition) is 2. The number of carboxylic acids is 1. The van der Waals surface area contributed by atoms with Gasteiger partial charge in [-0.25, -0.2) is 4.79 Å². The molecule has 0 saturated heterocycles. The largest absolute Gasteiger partial charge is 0.481 e. The molecule has 2 atom stereocenters. The number of carbonyl (C=O) groups excluding carboxylic acids is 1. The average molecular weight is 270 g/mol. The van der Waals surface area contributed by atoms with Gasteiger partial charge in [-0.15, -0.1) is 0 Å². The third-order valence-electron chi connectivity index (χ3n) is 3.86. The van der Waals surface area contributed by atoms with Crippen LogP contribution in [0.25, 0.3) is 0 Å². The minimum Gasteiger partial charge on any atom is -0.481 e. The smallest absolute Gasteiger partial charge is 0.317 e. The van der Waals surface area contributed by atoms with Gasteiger partial charge < -0.3 is 20.1 Å². The lowest BCUT2D eigenvalue weighted by Crippen LogP contribution is -2.46. The third kappa shape index (κ3) is 4.09. The predicted octanol–water partition coefficient (Wildman–Crippen LogP) is 1.20. The fourth-order valence-electron chi connectivity index (χ4n) is 2.60. The Balaban J connectivity index is 1.80. The fourth-order valence-corrected chi connectivity index (χ4v) is 2.60. The zero-order valence-electron chi connectivity index (χ0n) is 11.3. The lowest BCUT2D eigenvalue weighted by Gasteiger charge is -2.24. The number of aliphatic carboxylic acids is 1. The first kappa shape index (κ1) is 14.1. The summed E-state index contributed by atoms with van der Waals surface area (Å²) in [6, 6.07) is 0.271. The second-order valence-corrected chi connectivity index (χ2v) is 5.39. The molecule has 2 aliphatic rings. The molecule has 2 aliphatic carbocycles. The standard InChI is InChI=1S/C13H22N2O4/c1-19-11-5-2-9(8-11)14-13(18)15(10-3-4-10)7-6-12(16)17/h9-11H,2-8H2,1H3,(H,14,18)(H,16,17). The number of nitrogens with one attached hydrogen (secondary N) is 1. The van der Waals surface area contributed by atoms with Crippen LogP contribution in [0.1, 0.15) is 38.5 Å². The Morgan fingerprint density at radius 3 is 2.58 bits per heavy atom. The number of carbonyl (C=O) groups is 2. The number of rotatable bonds is 6. The van der Waals surface area contributed by atoms with Crippen molar-refractivity contribution < 1.29 is 19.4 Å². The van der Waals surface area contributed by atoms with Crippen LogP contribution < -0.4 is 5.32 Å². The number of urea groups is 1. The van der Waals surface area contributed by atoms with E-state index in [4.69, 9.17) is 9.84 Å².